The van der Waals surface area contributed by atoms with Gasteiger partial charge in [0, 0.05) is 23.8 Å². The molecule has 2 rings (SSSR count). The third-order valence-electron chi connectivity index (χ3n) is 3.53. The van der Waals surface area contributed by atoms with Crippen molar-refractivity contribution in [3.8, 4) is 0 Å². The second-order valence-electron chi connectivity index (χ2n) is 4.76. The van der Waals surface area contributed by atoms with E-state index in [1.807, 2.05) is 18.7 Å². The van der Waals surface area contributed by atoms with E-state index in [2.05, 4.69) is 10.6 Å². The fourth-order valence-corrected chi connectivity index (χ4v) is 4.03. The van der Waals surface area contributed by atoms with Crippen LogP contribution < -0.4 is 10.6 Å². The second-order valence-corrected chi connectivity index (χ2v) is 6.03. The monoisotopic (exact) mass is 256 g/mol. The lowest BCUT2D eigenvalue weighted by atomic mass is 10.0. The zero-order chi connectivity index (χ0) is 12.3. The Balaban J connectivity index is 1.66. The Kier molecular flexibility index (Phi) is 4.31. The van der Waals surface area contributed by atoms with Crippen LogP contribution in [0.5, 0.6) is 0 Å². The standard InChI is InChI=1S/C12H20N2O2S/c1-2-8(15)5-3-4-6-10-11-9(7-17-10)13-12(16)14-11/h9-11H,2-7H2,1H3,(H2,13,14,16)/t9-,10?,11-/m0/s1. The van der Waals surface area contributed by atoms with Crippen molar-refractivity contribution in [1.29, 1.82) is 0 Å². The molecule has 2 amide bonds. The summed E-state index contributed by atoms with van der Waals surface area (Å²) in [6, 6.07) is 0.593. The Hall–Kier alpha value is -0.710. The molecule has 0 aromatic rings. The summed E-state index contributed by atoms with van der Waals surface area (Å²) in [6.45, 7) is 1.92. The van der Waals surface area contributed by atoms with E-state index in [1.54, 1.807) is 0 Å². The summed E-state index contributed by atoms with van der Waals surface area (Å²) < 4.78 is 0. The number of thioether (sulfide) groups is 1. The van der Waals surface area contributed by atoms with Crippen molar-refractivity contribution >= 4 is 23.6 Å². The molecule has 0 saturated carbocycles. The van der Waals surface area contributed by atoms with E-state index < -0.39 is 0 Å². The maximum absolute atomic E-state index is 11.2. The molecule has 2 fully saturated rings. The fourth-order valence-electron chi connectivity index (χ4n) is 2.49. The lowest BCUT2D eigenvalue weighted by Gasteiger charge is -2.16. The molecule has 2 saturated heterocycles. The van der Waals surface area contributed by atoms with Gasteiger partial charge in [0.1, 0.15) is 5.78 Å². The summed E-state index contributed by atoms with van der Waals surface area (Å²) in [5.41, 5.74) is 0. The number of carbonyl (C=O) groups excluding carboxylic acids is 2. The molecule has 17 heavy (non-hydrogen) atoms. The highest BCUT2D eigenvalue weighted by molar-refractivity contribution is 8.00. The summed E-state index contributed by atoms with van der Waals surface area (Å²) in [6.07, 6.45) is 4.55. The fraction of sp³-hybridized carbons (Fsp3) is 0.833. The molecule has 0 radical (unpaired) electrons. The van der Waals surface area contributed by atoms with Crippen molar-refractivity contribution in [1.82, 2.24) is 10.6 Å². The number of nitrogens with one attached hydrogen (secondary N) is 2. The van der Waals surface area contributed by atoms with Gasteiger partial charge in [-0.1, -0.05) is 13.3 Å². The van der Waals surface area contributed by atoms with Gasteiger partial charge >= 0.3 is 6.03 Å². The van der Waals surface area contributed by atoms with Gasteiger partial charge in [-0.3, -0.25) is 4.79 Å². The van der Waals surface area contributed by atoms with Gasteiger partial charge in [0.25, 0.3) is 0 Å². The quantitative estimate of drug-likeness (QED) is 0.561. The number of fused-ring (bicyclic) bond motifs is 1. The normalized spacial score (nSPS) is 30.9. The predicted molar refractivity (Wildman–Crippen MR) is 69.3 cm³/mol. The number of unbranched alkanes of at least 4 members (excludes halogenated alkanes) is 1. The van der Waals surface area contributed by atoms with Crippen molar-refractivity contribution < 1.29 is 9.59 Å². The van der Waals surface area contributed by atoms with Crippen LogP contribution in [0.2, 0.25) is 0 Å². The van der Waals surface area contributed by atoms with Crippen LogP contribution in [0.1, 0.15) is 39.0 Å². The van der Waals surface area contributed by atoms with E-state index in [9.17, 15) is 9.59 Å². The third kappa shape index (κ3) is 3.15. The van der Waals surface area contributed by atoms with Gasteiger partial charge < -0.3 is 10.6 Å². The van der Waals surface area contributed by atoms with Crippen molar-refractivity contribution in [2.45, 2.75) is 56.4 Å². The number of rotatable bonds is 6. The van der Waals surface area contributed by atoms with Gasteiger partial charge in [-0.25, -0.2) is 4.79 Å². The second kappa shape index (κ2) is 5.76. The van der Waals surface area contributed by atoms with E-state index in [-0.39, 0.29) is 6.03 Å². The van der Waals surface area contributed by atoms with E-state index in [0.29, 0.717) is 36.0 Å². The molecule has 96 valence electrons. The zero-order valence-electron chi connectivity index (χ0n) is 10.2. The largest absolute Gasteiger partial charge is 0.332 e. The van der Waals surface area contributed by atoms with Crippen molar-refractivity contribution in [3.05, 3.63) is 0 Å². The molecule has 0 aliphatic carbocycles. The van der Waals surface area contributed by atoms with Gasteiger partial charge in [-0.15, -0.1) is 0 Å². The van der Waals surface area contributed by atoms with Crippen molar-refractivity contribution in [3.63, 3.8) is 0 Å². The van der Waals surface area contributed by atoms with Gasteiger partial charge in [0.15, 0.2) is 0 Å². The first-order valence-electron chi connectivity index (χ1n) is 6.41. The molecule has 0 bridgehead atoms. The Morgan fingerprint density at radius 2 is 2.24 bits per heavy atom. The minimum Gasteiger partial charge on any atom is -0.332 e. The van der Waals surface area contributed by atoms with E-state index in [1.165, 1.54) is 0 Å². The predicted octanol–water partition coefficient (Wildman–Crippen LogP) is 1.69. The smallest absolute Gasteiger partial charge is 0.315 e. The van der Waals surface area contributed by atoms with Crippen LogP contribution >= 0.6 is 11.8 Å². The van der Waals surface area contributed by atoms with Crippen LogP contribution in [0.4, 0.5) is 4.79 Å². The Morgan fingerprint density at radius 3 is 3.00 bits per heavy atom. The molecule has 2 aliphatic heterocycles. The van der Waals surface area contributed by atoms with Crippen LogP contribution in [0.25, 0.3) is 0 Å². The highest BCUT2D eigenvalue weighted by Crippen LogP contribution is 2.33. The molecule has 5 heteroatoms. The highest BCUT2D eigenvalue weighted by Gasteiger charge is 2.42. The molecule has 0 aromatic carbocycles. The summed E-state index contributed by atoms with van der Waals surface area (Å²) >= 11 is 1.94. The lowest BCUT2D eigenvalue weighted by molar-refractivity contribution is -0.118. The maximum Gasteiger partial charge on any atom is 0.315 e. The van der Waals surface area contributed by atoms with Gasteiger partial charge in [0.2, 0.25) is 0 Å². The Bertz CT molecular complexity index is 309. The molecule has 0 aromatic heterocycles. The average molecular weight is 256 g/mol. The zero-order valence-corrected chi connectivity index (χ0v) is 11.0. The Morgan fingerprint density at radius 1 is 1.41 bits per heavy atom. The van der Waals surface area contributed by atoms with Crippen molar-refractivity contribution in [2.24, 2.45) is 0 Å². The minimum atomic E-state index is -0.0218. The number of hydrogen-bond donors (Lipinski definition) is 2. The minimum absolute atomic E-state index is 0.0218. The number of urea groups is 1. The number of amides is 2. The van der Waals surface area contributed by atoms with Crippen LogP contribution in [-0.2, 0) is 4.79 Å². The number of carbonyl (C=O) groups is 2. The maximum atomic E-state index is 11.2. The number of ketones is 1. The molecule has 4 nitrogen and oxygen atoms in total. The molecular weight excluding hydrogens is 236 g/mol. The molecule has 2 aliphatic rings. The third-order valence-corrected chi connectivity index (χ3v) is 5.04. The summed E-state index contributed by atoms with van der Waals surface area (Å²) in [5.74, 6) is 1.37. The van der Waals surface area contributed by atoms with Crippen LogP contribution in [-0.4, -0.2) is 34.9 Å². The summed E-state index contributed by atoms with van der Waals surface area (Å²) in [4.78, 5) is 22.3. The number of hydrogen-bond acceptors (Lipinski definition) is 3. The molecule has 1 unspecified atom stereocenters. The van der Waals surface area contributed by atoms with Crippen LogP contribution in [0.15, 0.2) is 0 Å². The van der Waals surface area contributed by atoms with E-state index >= 15 is 0 Å². The molecule has 3 atom stereocenters. The summed E-state index contributed by atoms with van der Waals surface area (Å²) in [7, 11) is 0. The first kappa shape index (κ1) is 12.7. The van der Waals surface area contributed by atoms with Crippen LogP contribution in [0, 0.1) is 0 Å². The molecule has 2 heterocycles. The lowest BCUT2D eigenvalue weighted by Crippen LogP contribution is -2.36. The average Bonchev–Trinajstić information content (AvgIpc) is 2.84. The van der Waals surface area contributed by atoms with Crippen LogP contribution in [0.3, 0.4) is 0 Å². The molecule has 2 N–H and O–H groups in total. The SMILES string of the molecule is CCC(=O)CCCCC1SC[C@@H]2NC(=O)N[C@H]12. The molecular formula is C12H20N2O2S. The Labute approximate surface area is 106 Å². The topological polar surface area (TPSA) is 58.2 Å². The first-order chi connectivity index (χ1) is 8.20. The summed E-state index contributed by atoms with van der Waals surface area (Å²) in [5, 5.41) is 6.45. The molecule has 0 spiro atoms. The number of Topliss-reactive ketones (excluding diaryl/α,β-unsaturated/α-hetero) is 1. The van der Waals surface area contributed by atoms with Crippen molar-refractivity contribution in [2.75, 3.05) is 5.75 Å². The van der Waals surface area contributed by atoms with Gasteiger partial charge in [-0.05, 0) is 12.8 Å². The van der Waals surface area contributed by atoms with Gasteiger partial charge in [-0.2, -0.15) is 11.8 Å². The van der Waals surface area contributed by atoms with E-state index in [4.69, 9.17) is 0 Å². The van der Waals surface area contributed by atoms with E-state index in [0.717, 1.165) is 25.0 Å². The highest BCUT2D eigenvalue weighted by atomic mass is 32.2. The van der Waals surface area contributed by atoms with Gasteiger partial charge in [0.05, 0.1) is 12.1 Å². The first-order valence-corrected chi connectivity index (χ1v) is 7.46.